The van der Waals surface area contributed by atoms with Gasteiger partial charge in [-0.25, -0.2) is 4.98 Å². The summed E-state index contributed by atoms with van der Waals surface area (Å²) >= 11 is 0. The molecule has 2 aliphatic rings. The Kier molecular flexibility index (Phi) is 4.56. The summed E-state index contributed by atoms with van der Waals surface area (Å²) in [7, 11) is 0. The van der Waals surface area contributed by atoms with Crippen molar-refractivity contribution in [1.29, 1.82) is 0 Å². The summed E-state index contributed by atoms with van der Waals surface area (Å²) in [5.41, 5.74) is 1.15. The molecule has 1 heterocycles. The first-order valence-electron chi connectivity index (χ1n) is 8.97. The number of rotatable bonds is 4. The molecule has 21 heavy (non-hydrogen) atoms. The van der Waals surface area contributed by atoms with E-state index >= 15 is 0 Å². The number of imidazole rings is 1. The first-order chi connectivity index (χ1) is 10.1. The average Bonchev–Trinajstić information content (AvgIpc) is 3.08. The maximum absolute atomic E-state index is 4.79. The molecule has 0 radical (unpaired) electrons. The van der Waals surface area contributed by atoms with Gasteiger partial charge in [0, 0.05) is 18.3 Å². The quantitative estimate of drug-likeness (QED) is 0.851. The summed E-state index contributed by atoms with van der Waals surface area (Å²) < 4.78 is 2.44. The van der Waals surface area contributed by atoms with E-state index < -0.39 is 0 Å². The van der Waals surface area contributed by atoms with Crippen molar-refractivity contribution in [3.8, 4) is 0 Å². The van der Waals surface area contributed by atoms with Gasteiger partial charge in [0.05, 0.1) is 5.69 Å². The summed E-state index contributed by atoms with van der Waals surface area (Å²) in [6, 6.07) is 1.29. The van der Waals surface area contributed by atoms with Gasteiger partial charge in [0.1, 0.15) is 0 Å². The van der Waals surface area contributed by atoms with Crippen LogP contribution in [0.4, 0.5) is 5.95 Å². The maximum atomic E-state index is 4.79. The molecule has 0 bridgehead atoms. The van der Waals surface area contributed by atoms with Gasteiger partial charge in [-0.15, -0.1) is 0 Å². The van der Waals surface area contributed by atoms with Gasteiger partial charge >= 0.3 is 0 Å². The van der Waals surface area contributed by atoms with Crippen molar-refractivity contribution in [2.24, 2.45) is 11.8 Å². The molecule has 118 valence electrons. The number of hydrogen-bond donors (Lipinski definition) is 1. The topological polar surface area (TPSA) is 29.9 Å². The second kappa shape index (κ2) is 6.41. The smallest absolute Gasteiger partial charge is 0.203 e. The zero-order valence-corrected chi connectivity index (χ0v) is 13.9. The second-order valence-electron chi connectivity index (χ2n) is 7.49. The molecule has 1 aromatic rings. The summed E-state index contributed by atoms with van der Waals surface area (Å²) in [5.74, 6) is 2.70. The Balaban J connectivity index is 1.77. The summed E-state index contributed by atoms with van der Waals surface area (Å²) in [6.45, 7) is 6.87. The molecule has 3 nitrogen and oxygen atoms in total. The van der Waals surface area contributed by atoms with Crippen LogP contribution in [-0.2, 0) is 0 Å². The number of hydrogen-bond acceptors (Lipinski definition) is 2. The van der Waals surface area contributed by atoms with Crippen molar-refractivity contribution >= 4 is 5.95 Å². The van der Waals surface area contributed by atoms with Crippen LogP contribution in [0.15, 0.2) is 6.20 Å². The van der Waals surface area contributed by atoms with Gasteiger partial charge in [0.15, 0.2) is 0 Å². The van der Waals surface area contributed by atoms with Crippen molar-refractivity contribution in [2.75, 3.05) is 5.32 Å². The van der Waals surface area contributed by atoms with E-state index in [9.17, 15) is 0 Å². The van der Waals surface area contributed by atoms with E-state index in [4.69, 9.17) is 4.98 Å². The molecule has 0 saturated heterocycles. The lowest BCUT2D eigenvalue weighted by atomic mass is 9.78. The van der Waals surface area contributed by atoms with Crippen molar-refractivity contribution < 1.29 is 0 Å². The van der Waals surface area contributed by atoms with Gasteiger partial charge in [-0.2, -0.15) is 0 Å². The predicted molar refractivity (Wildman–Crippen MR) is 88.7 cm³/mol. The Hall–Kier alpha value is -0.990. The number of aromatic nitrogens is 2. The van der Waals surface area contributed by atoms with Crippen LogP contribution >= 0.6 is 0 Å². The van der Waals surface area contributed by atoms with Crippen LogP contribution in [0.25, 0.3) is 0 Å². The highest BCUT2D eigenvalue weighted by Gasteiger charge is 2.29. The predicted octanol–water partition coefficient (Wildman–Crippen LogP) is 4.93. The SMILES string of the molecule is Cc1cn(C2CCCC2)c(NC2CCCCC2C(C)C)n1. The largest absolute Gasteiger partial charge is 0.353 e. The molecule has 0 amide bonds. The Morgan fingerprint density at radius 3 is 2.48 bits per heavy atom. The van der Waals surface area contributed by atoms with Crippen LogP contribution in [0.3, 0.4) is 0 Å². The molecule has 0 spiro atoms. The highest BCUT2D eigenvalue weighted by Crippen LogP contribution is 2.35. The van der Waals surface area contributed by atoms with Gasteiger partial charge in [-0.1, -0.05) is 39.5 Å². The first-order valence-corrected chi connectivity index (χ1v) is 8.97. The molecule has 1 aromatic heterocycles. The lowest BCUT2D eigenvalue weighted by Crippen LogP contribution is -2.36. The third-order valence-electron chi connectivity index (χ3n) is 5.56. The van der Waals surface area contributed by atoms with Gasteiger partial charge < -0.3 is 9.88 Å². The molecule has 3 rings (SSSR count). The first kappa shape index (κ1) is 14.9. The van der Waals surface area contributed by atoms with E-state index in [2.05, 4.69) is 36.9 Å². The van der Waals surface area contributed by atoms with Gasteiger partial charge in [0.2, 0.25) is 5.95 Å². The minimum Gasteiger partial charge on any atom is -0.353 e. The van der Waals surface area contributed by atoms with Gasteiger partial charge in [-0.3, -0.25) is 0 Å². The number of nitrogens with zero attached hydrogens (tertiary/aromatic N) is 2. The summed E-state index contributed by atoms with van der Waals surface area (Å²) in [5, 5.41) is 3.83. The Bertz CT molecular complexity index is 457. The lowest BCUT2D eigenvalue weighted by molar-refractivity contribution is 0.252. The van der Waals surface area contributed by atoms with Gasteiger partial charge in [-0.05, 0) is 44.4 Å². The standard InChI is InChI=1S/C18H31N3/c1-13(2)16-10-6-7-11-17(16)20-18-19-14(3)12-21(18)15-8-4-5-9-15/h12-13,15-17H,4-11H2,1-3H3,(H,19,20). The van der Waals surface area contributed by atoms with Crippen molar-refractivity contribution in [2.45, 2.75) is 84.2 Å². The third kappa shape index (κ3) is 3.27. The van der Waals surface area contributed by atoms with Crippen LogP contribution in [0.5, 0.6) is 0 Å². The molecule has 2 unspecified atom stereocenters. The molecule has 2 saturated carbocycles. The molecular weight excluding hydrogens is 258 g/mol. The van der Waals surface area contributed by atoms with Crippen molar-refractivity contribution in [1.82, 2.24) is 9.55 Å². The minimum atomic E-state index is 0.612. The fraction of sp³-hybridized carbons (Fsp3) is 0.833. The minimum absolute atomic E-state index is 0.612. The van der Waals surface area contributed by atoms with E-state index in [0.29, 0.717) is 12.1 Å². The van der Waals surface area contributed by atoms with E-state index in [-0.39, 0.29) is 0 Å². The van der Waals surface area contributed by atoms with Crippen LogP contribution < -0.4 is 5.32 Å². The normalized spacial score (nSPS) is 27.4. The molecule has 2 atom stereocenters. The van der Waals surface area contributed by atoms with E-state index in [1.165, 1.54) is 51.4 Å². The van der Waals surface area contributed by atoms with Crippen LogP contribution in [0.2, 0.25) is 0 Å². The third-order valence-corrected chi connectivity index (χ3v) is 5.56. The molecule has 0 aliphatic heterocycles. The monoisotopic (exact) mass is 289 g/mol. The Morgan fingerprint density at radius 1 is 1.10 bits per heavy atom. The number of anilines is 1. The van der Waals surface area contributed by atoms with Crippen LogP contribution in [-0.4, -0.2) is 15.6 Å². The van der Waals surface area contributed by atoms with Crippen LogP contribution in [0, 0.1) is 18.8 Å². The molecule has 2 fully saturated rings. The fourth-order valence-electron chi connectivity index (χ4n) is 4.39. The summed E-state index contributed by atoms with van der Waals surface area (Å²) in [6.07, 6.45) is 13.1. The van der Waals surface area contributed by atoms with E-state index in [1.54, 1.807) is 0 Å². The summed E-state index contributed by atoms with van der Waals surface area (Å²) in [4.78, 5) is 4.79. The number of aryl methyl sites for hydroxylation is 1. The molecule has 3 heteroatoms. The number of nitrogens with one attached hydrogen (secondary N) is 1. The molecular formula is C18H31N3. The second-order valence-corrected chi connectivity index (χ2v) is 7.49. The highest BCUT2D eigenvalue weighted by atomic mass is 15.2. The fourth-order valence-corrected chi connectivity index (χ4v) is 4.39. The van der Waals surface area contributed by atoms with Crippen molar-refractivity contribution in [3.63, 3.8) is 0 Å². The highest BCUT2D eigenvalue weighted by molar-refractivity contribution is 5.32. The van der Waals surface area contributed by atoms with E-state index in [0.717, 1.165) is 23.5 Å². The van der Waals surface area contributed by atoms with Crippen molar-refractivity contribution in [3.05, 3.63) is 11.9 Å². The maximum Gasteiger partial charge on any atom is 0.203 e. The molecule has 0 aromatic carbocycles. The van der Waals surface area contributed by atoms with Crippen LogP contribution in [0.1, 0.15) is 76.9 Å². The van der Waals surface area contributed by atoms with E-state index in [1.807, 2.05) is 0 Å². The Labute approximate surface area is 129 Å². The van der Waals surface area contributed by atoms with Gasteiger partial charge in [0.25, 0.3) is 0 Å². The average molecular weight is 289 g/mol. The lowest BCUT2D eigenvalue weighted by Gasteiger charge is -2.35. The molecule has 2 aliphatic carbocycles. The molecule has 1 N–H and O–H groups in total. The Morgan fingerprint density at radius 2 is 1.76 bits per heavy atom. The zero-order chi connectivity index (χ0) is 14.8. The zero-order valence-electron chi connectivity index (χ0n) is 13.9.